The molecule has 1 atom stereocenters. The first-order valence-electron chi connectivity index (χ1n) is 9.18. The first-order valence-corrected chi connectivity index (χ1v) is 10.3. The molecule has 3 aromatic carbocycles. The zero-order valence-corrected chi connectivity index (χ0v) is 19.1. The third kappa shape index (κ3) is 4.70. The number of nitrogens with two attached hydrogens (primary N) is 1. The van der Waals surface area contributed by atoms with Crippen molar-refractivity contribution in [2.45, 2.75) is 11.8 Å². The number of ether oxygens (including phenoxy) is 1. The number of halogens is 6. The Kier molecular flexibility index (Phi) is 7.04. The summed E-state index contributed by atoms with van der Waals surface area (Å²) in [5.41, 5.74) is 1.32. The molecule has 3 aromatic rings. The molecule has 0 saturated carbocycles. The molecule has 0 spiro atoms. The summed E-state index contributed by atoms with van der Waals surface area (Å²) >= 11 is 18.1. The molecule has 0 aromatic heterocycles. The summed E-state index contributed by atoms with van der Waals surface area (Å²) in [6.07, 6.45) is -5.13. The Bertz CT molecular complexity index is 1180. The van der Waals surface area contributed by atoms with E-state index in [1.165, 1.54) is 37.4 Å². The zero-order chi connectivity index (χ0) is 24.6. The average Bonchev–Trinajstić information content (AvgIpc) is 2.74. The number of aliphatic hydroxyl groups is 1. The topological polar surface area (TPSA) is 84.6 Å². The first kappa shape index (κ1) is 25.0. The van der Waals surface area contributed by atoms with E-state index in [0.717, 1.165) is 24.3 Å². The molecule has 0 bridgehead atoms. The molecule has 4 N–H and O–H groups in total. The third-order valence-corrected chi connectivity index (χ3v) is 5.71. The summed E-state index contributed by atoms with van der Waals surface area (Å²) in [6, 6.07) is 10.7. The molecule has 0 radical (unpaired) electrons. The monoisotopic (exact) mass is 518 g/mol. The molecule has 3 rings (SSSR count). The van der Waals surface area contributed by atoms with Gasteiger partial charge in [-0.15, -0.1) is 0 Å². The van der Waals surface area contributed by atoms with Crippen LogP contribution in [-0.2, 0) is 5.60 Å². The number of nitrogen functional groups attached to an aromatic ring is 1. The van der Waals surface area contributed by atoms with Crippen LogP contribution >= 0.6 is 34.8 Å². The predicted octanol–water partition coefficient (Wildman–Crippen LogP) is 6.29. The van der Waals surface area contributed by atoms with Crippen molar-refractivity contribution in [1.29, 1.82) is 0 Å². The minimum Gasteiger partial charge on any atom is -0.494 e. The maximum absolute atomic E-state index is 14.0. The lowest BCUT2D eigenvalue weighted by Gasteiger charge is -2.32. The van der Waals surface area contributed by atoms with Crippen molar-refractivity contribution in [3.63, 3.8) is 0 Å². The molecule has 0 aliphatic rings. The van der Waals surface area contributed by atoms with Gasteiger partial charge in [0, 0.05) is 10.6 Å². The number of carbonyl (C=O) groups excluding carboxylic acids is 1. The molecule has 0 saturated heterocycles. The van der Waals surface area contributed by atoms with Gasteiger partial charge in [-0.05, 0) is 42.0 Å². The Hall–Kier alpha value is -2.65. The fourth-order valence-electron chi connectivity index (χ4n) is 3.23. The summed E-state index contributed by atoms with van der Waals surface area (Å²) in [5.74, 6) is -0.604. The Balaban J connectivity index is 2.06. The van der Waals surface area contributed by atoms with Gasteiger partial charge < -0.3 is 20.9 Å². The lowest BCUT2D eigenvalue weighted by atomic mass is 9.85. The largest absolute Gasteiger partial charge is 0.494 e. The molecular weight excluding hydrogens is 504 g/mol. The van der Waals surface area contributed by atoms with Gasteiger partial charge in [-0.3, -0.25) is 4.79 Å². The molecule has 0 aliphatic carbocycles. The van der Waals surface area contributed by atoms with E-state index >= 15 is 0 Å². The molecule has 174 valence electrons. The number of hydrogen-bond donors (Lipinski definition) is 3. The number of hydrogen-bond acceptors (Lipinski definition) is 4. The number of benzene rings is 3. The van der Waals surface area contributed by atoms with E-state index in [-0.39, 0.29) is 37.8 Å². The Morgan fingerprint density at radius 3 is 2.09 bits per heavy atom. The smallest absolute Gasteiger partial charge is 0.425 e. The number of methoxy groups -OCH3 is 1. The van der Waals surface area contributed by atoms with E-state index in [9.17, 15) is 23.1 Å². The molecule has 5 nitrogen and oxygen atoms in total. The van der Waals surface area contributed by atoms with Crippen molar-refractivity contribution in [3.8, 4) is 5.75 Å². The van der Waals surface area contributed by atoms with Crippen molar-refractivity contribution in [2.24, 2.45) is 0 Å². The highest BCUT2D eigenvalue weighted by Gasteiger charge is 2.56. The van der Waals surface area contributed by atoms with Crippen LogP contribution in [0.1, 0.15) is 21.5 Å². The van der Waals surface area contributed by atoms with Gasteiger partial charge in [0.05, 0.1) is 34.1 Å². The van der Waals surface area contributed by atoms with Gasteiger partial charge >= 0.3 is 6.18 Å². The summed E-state index contributed by atoms with van der Waals surface area (Å²) in [4.78, 5) is 12.7. The highest BCUT2D eigenvalue weighted by Crippen LogP contribution is 2.47. The van der Waals surface area contributed by atoms with Gasteiger partial charge in [0.2, 0.25) is 5.60 Å². The van der Waals surface area contributed by atoms with Crippen LogP contribution < -0.4 is 15.8 Å². The Morgan fingerprint density at radius 2 is 1.58 bits per heavy atom. The SMILES string of the molecule is COc1c(N)cccc1C(=O)Nc1c(Cl)cc(C(O)(c2ccc(Cl)cc2)C(F)(F)F)cc1Cl. The molecule has 11 heteroatoms. The maximum atomic E-state index is 14.0. The van der Waals surface area contributed by atoms with Crippen molar-refractivity contribution in [3.05, 3.63) is 86.4 Å². The Labute approximate surface area is 201 Å². The minimum absolute atomic E-state index is 0.0571. The second-order valence-electron chi connectivity index (χ2n) is 6.91. The van der Waals surface area contributed by atoms with Crippen LogP contribution in [0.2, 0.25) is 15.1 Å². The van der Waals surface area contributed by atoms with E-state index in [4.69, 9.17) is 45.3 Å². The van der Waals surface area contributed by atoms with Crippen molar-refractivity contribution in [2.75, 3.05) is 18.2 Å². The second kappa shape index (κ2) is 9.30. The van der Waals surface area contributed by atoms with Gasteiger partial charge in [0.1, 0.15) is 0 Å². The minimum atomic E-state index is -5.13. The van der Waals surface area contributed by atoms with E-state index in [1.807, 2.05) is 0 Å². The molecule has 1 amide bonds. The van der Waals surface area contributed by atoms with Gasteiger partial charge in [-0.2, -0.15) is 13.2 Å². The first-order chi connectivity index (χ1) is 15.4. The molecular formula is C22H16Cl3F3N2O3. The Morgan fingerprint density at radius 1 is 1.00 bits per heavy atom. The van der Waals surface area contributed by atoms with Crippen LogP contribution in [0.4, 0.5) is 24.5 Å². The van der Waals surface area contributed by atoms with E-state index in [2.05, 4.69) is 5.32 Å². The van der Waals surface area contributed by atoms with Gasteiger partial charge in [-0.1, -0.05) is 53.0 Å². The van der Waals surface area contributed by atoms with Crippen LogP contribution in [0.3, 0.4) is 0 Å². The molecule has 0 aliphatic heterocycles. The van der Waals surface area contributed by atoms with E-state index < -0.39 is 28.8 Å². The lowest BCUT2D eigenvalue weighted by Crippen LogP contribution is -2.43. The summed E-state index contributed by atoms with van der Waals surface area (Å²) in [5, 5.41) is 12.8. The fraction of sp³-hybridized carbons (Fsp3) is 0.136. The average molecular weight is 520 g/mol. The van der Waals surface area contributed by atoms with Crippen LogP contribution in [0, 0.1) is 0 Å². The highest BCUT2D eigenvalue weighted by molar-refractivity contribution is 6.40. The van der Waals surface area contributed by atoms with Crippen LogP contribution in [-0.4, -0.2) is 24.3 Å². The summed E-state index contributed by atoms with van der Waals surface area (Å²) < 4.78 is 47.2. The lowest BCUT2D eigenvalue weighted by molar-refractivity contribution is -0.248. The van der Waals surface area contributed by atoms with Gasteiger partial charge in [0.15, 0.2) is 5.75 Å². The number of para-hydroxylation sites is 1. The van der Waals surface area contributed by atoms with Crippen molar-refractivity contribution >= 4 is 52.1 Å². The zero-order valence-electron chi connectivity index (χ0n) is 16.8. The summed E-state index contributed by atoms with van der Waals surface area (Å²) in [6.45, 7) is 0. The number of rotatable bonds is 5. The van der Waals surface area contributed by atoms with Gasteiger partial charge in [0.25, 0.3) is 5.91 Å². The molecule has 1 unspecified atom stereocenters. The highest BCUT2D eigenvalue weighted by atomic mass is 35.5. The number of carbonyl (C=O) groups is 1. The van der Waals surface area contributed by atoms with E-state index in [0.29, 0.717) is 0 Å². The van der Waals surface area contributed by atoms with Crippen molar-refractivity contribution < 1.29 is 27.8 Å². The quantitative estimate of drug-likeness (QED) is 0.346. The van der Waals surface area contributed by atoms with Crippen LogP contribution in [0.15, 0.2) is 54.6 Å². The molecule has 33 heavy (non-hydrogen) atoms. The maximum Gasteiger partial charge on any atom is 0.425 e. The predicted molar refractivity (Wildman–Crippen MR) is 122 cm³/mol. The van der Waals surface area contributed by atoms with Crippen LogP contribution in [0.5, 0.6) is 5.75 Å². The second-order valence-corrected chi connectivity index (χ2v) is 8.16. The summed E-state index contributed by atoms with van der Waals surface area (Å²) in [7, 11) is 1.33. The molecule has 0 heterocycles. The number of nitrogens with one attached hydrogen (secondary N) is 1. The number of anilines is 2. The van der Waals surface area contributed by atoms with Crippen LogP contribution in [0.25, 0.3) is 0 Å². The third-order valence-electron chi connectivity index (χ3n) is 4.86. The standard InChI is InChI=1S/C22H16Cl3F3N2O3/c1-33-19-14(3-2-4-17(19)29)20(31)30-18-15(24)9-12(10-16(18)25)21(32,22(26,27)28)11-5-7-13(23)8-6-11/h2-10,32H,29H2,1H3,(H,30,31). The normalized spacial score (nSPS) is 13.3. The van der Waals surface area contributed by atoms with E-state index in [1.54, 1.807) is 0 Å². The fourth-order valence-corrected chi connectivity index (χ4v) is 3.94. The molecule has 0 fully saturated rings. The van der Waals surface area contributed by atoms with Crippen molar-refractivity contribution in [1.82, 2.24) is 0 Å². The van der Waals surface area contributed by atoms with Gasteiger partial charge in [-0.25, -0.2) is 0 Å². The number of alkyl halides is 3. The number of amides is 1.